The smallest absolute Gasteiger partial charge is 0.287 e. The molecule has 0 fully saturated rings. The van der Waals surface area contributed by atoms with Crippen molar-refractivity contribution < 1.29 is 9.47 Å². The summed E-state index contributed by atoms with van der Waals surface area (Å²) in [6, 6.07) is 15.3. The van der Waals surface area contributed by atoms with Gasteiger partial charge in [0, 0.05) is 6.04 Å². The van der Waals surface area contributed by atoms with E-state index in [-0.39, 0.29) is 23.4 Å². The van der Waals surface area contributed by atoms with Gasteiger partial charge in [-0.1, -0.05) is 48.0 Å². The van der Waals surface area contributed by atoms with Crippen LogP contribution >= 0.6 is 11.6 Å². The van der Waals surface area contributed by atoms with Crippen LogP contribution < -0.4 is 20.3 Å². The molecule has 3 aromatic rings. The largest absolute Gasteiger partial charge is 0.454 e. The average Bonchev–Trinajstić information content (AvgIpc) is 3.16. The molecule has 1 aliphatic heterocycles. The van der Waals surface area contributed by atoms with Crippen molar-refractivity contribution in [2.45, 2.75) is 19.5 Å². The van der Waals surface area contributed by atoms with Gasteiger partial charge < -0.3 is 14.8 Å². The molecule has 4 rings (SSSR count). The molecule has 6 nitrogen and oxygen atoms in total. The van der Waals surface area contributed by atoms with Crippen LogP contribution in [-0.2, 0) is 6.54 Å². The first-order valence-electron chi connectivity index (χ1n) is 8.57. The van der Waals surface area contributed by atoms with Gasteiger partial charge in [-0.05, 0) is 30.2 Å². The van der Waals surface area contributed by atoms with Crippen LogP contribution in [0.1, 0.15) is 24.1 Å². The molecule has 0 bridgehead atoms. The molecule has 0 radical (unpaired) electrons. The number of hydrogen-bond donors (Lipinski definition) is 1. The first-order valence-corrected chi connectivity index (χ1v) is 8.95. The lowest BCUT2D eigenvalue weighted by Crippen LogP contribution is -2.25. The van der Waals surface area contributed by atoms with Crippen molar-refractivity contribution in [3.63, 3.8) is 0 Å². The number of benzene rings is 2. The number of rotatable bonds is 5. The van der Waals surface area contributed by atoms with Gasteiger partial charge in [0.15, 0.2) is 11.5 Å². The van der Waals surface area contributed by atoms with E-state index < -0.39 is 0 Å². The Morgan fingerprint density at radius 3 is 2.78 bits per heavy atom. The van der Waals surface area contributed by atoms with Gasteiger partial charge in [-0.15, -0.1) is 0 Å². The summed E-state index contributed by atoms with van der Waals surface area (Å²) in [5, 5.41) is 7.62. The minimum Gasteiger partial charge on any atom is -0.454 e. The molecule has 27 heavy (non-hydrogen) atoms. The topological polar surface area (TPSA) is 65.4 Å². The van der Waals surface area contributed by atoms with E-state index >= 15 is 0 Å². The van der Waals surface area contributed by atoms with Gasteiger partial charge in [0.1, 0.15) is 5.02 Å². The molecule has 1 aliphatic rings. The first-order chi connectivity index (χ1) is 13.1. The van der Waals surface area contributed by atoms with Crippen molar-refractivity contribution >= 4 is 17.3 Å². The Labute approximate surface area is 161 Å². The highest BCUT2D eigenvalue weighted by Gasteiger charge is 2.17. The molecule has 0 saturated heterocycles. The Morgan fingerprint density at radius 2 is 1.96 bits per heavy atom. The Kier molecular flexibility index (Phi) is 4.73. The van der Waals surface area contributed by atoms with Crippen molar-refractivity contribution in [1.82, 2.24) is 9.78 Å². The van der Waals surface area contributed by atoms with Crippen molar-refractivity contribution in [2.75, 3.05) is 12.1 Å². The number of nitrogens with one attached hydrogen (secondary N) is 1. The Morgan fingerprint density at radius 1 is 1.19 bits per heavy atom. The van der Waals surface area contributed by atoms with Crippen LogP contribution in [0.5, 0.6) is 11.5 Å². The molecule has 2 aromatic carbocycles. The fourth-order valence-corrected chi connectivity index (χ4v) is 3.13. The van der Waals surface area contributed by atoms with E-state index in [0.717, 1.165) is 16.9 Å². The third-order valence-electron chi connectivity index (χ3n) is 4.43. The molecule has 0 saturated carbocycles. The number of aromatic nitrogens is 2. The minimum atomic E-state index is -0.330. The first kappa shape index (κ1) is 17.4. The van der Waals surface area contributed by atoms with Gasteiger partial charge in [0.05, 0.1) is 18.4 Å². The predicted molar refractivity (Wildman–Crippen MR) is 104 cm³/mol. The fraction of sp³-hybridized carbons (Fsp3) is 0.200. The second-order valence-corrected chi connectivity index (χ2v) is 6.68. The maximum absolute atomic E-state index is 12.6. The van der Waals surface area contributed by atoms with Crippen molar-refractivity contribution in [3.05, 3.63) is 81.2 Å². The van der Waals surface area contributed by atoms with E-state index in [1.54, 1.807) is 6.20 Å². The van der Waals surface area contributed by atoms with Crippen LogP contribution in [0.4, 0.5) is 5.69 Å². The molecular weight excluding hydrogens is 366 g/mol. The van der Waals surface area contributed by atoms with Crippen LogP contribution in [0.2, 0.25) is 5.02 Å². The van der Waals surface area contributed by atoms with Crippen LogP contribution in [0, 0.1) is 0 Å². The van der Waals surface area contributed by atoms with E-state index in [2.05, 4.69) is 10.4 Å². The van der Waals surface area contributed by atoms with Crippen molar-refractivity contribution in [2.24, 2.45) is 0 Å². The summed E-state index contributed by atoms with van der Waals surface area (Å²) >= 11 is 6.31. The summed E-state index contributed by atoms with van der Waals surface area (Å²) in [5.41, 5.74) is 2.14. The summed E-state index contributed by atoms with van der Waals surface area (Å²) in [5.74, 6) is 1.44. The molecule has 7 heteroatoms. The summed E-state index contributed by atoms with van der Waals surface area (Å²) in [6.45, 7) is 2.58. The quantitative estimate of drug-likeness (QED) is 0.725. The average molecular weight is 384 g/mol. The van der Waals surface area contributed by atoms with E-state index in [1.807, 2.05) is 55.5 Å². The van der Waals surface area contributed by atoms with E-state index in [0.29, 0.717) is 18.0 Å². The number of nitrogens with zero attached hydrogens (tertiary/aromatic N) is 2. The van der Waals surface area contributed by atoms with Crippen LogP contribution in [-0.4, -0.2) is 16.6 Å². The molecule has 1 aromatic heterocycles. The van der Waals surface area contributed by atoms with Gasteiger partial charge in [-0.3, -0.25) is 4.79 Å². The Balaban J connectivity index is 1.54. The van der Waals surface area contributed by atoms with Crippen molar-refractivity contribution in [3.8, 4) is 11.5 Å². The second kappa shape index (κ2) is 7.32. The molecule has 138 valence electrons. The maximum Gasteiger partial charge on any atom is 0.287 e. The molecule has 1 N–H and O–H groups in total. The van der Waals surface area contributed by atoms with E-state index in [4.69, 9.17) is 21.1 Å². The maximum atomic E-state index is 12.6. The van der Waals surface area contributed by atoms with Gasteiger partial charge in [0.25, 0.3) is 5.56 Å². The summed E-state index contributed by atoms with van der Waals surface area (Å²) in [4.78, 5) is 12.6. The predicted octanol–water partition coefficient (Wildman–Crippen LogP) is 3.85. The van der Waals surface area contributed by atoms with E-state index in [1.165, 1.54) is 4.68 Å². The highest BCUT2D eigenvalue weighted by atomic mass is 35.5. The fourth-order valence-electron chi connectivity index (χ4n) is 2.93. The van der Waals surface area contributed by atoms with Crippen molar-refractivity contribution in [1.29, 1.82) is 0 Å². The lowest BCUT2D eigenvalue weighted by molar-refractivity contribution is 0.174. The molecule has 0 aliphatic carbocycles. The monoisotopic (exact) mass is 383 g/mol. The highest BCUT2D eigenvalue weighted by Crippen LogP contribution is 2.35. The number of ether oxygens (including phenoxy) is 2. The number of halogens is 1. The summed E-state index contributed by atoms with van der Waals surface area (Å²) in [6.07, 6.45) is 1.58. The molecule has 0 spiro atoms. The van der Waals surface area contributed by atoms with Gasteiger partial charge in [-0.25, -0.2) is 4.68 Å². The highest BCUT2D eigenvalue weighted by molar-refractivity contribution is 6.32. The third-order valence-corrected chi connectivity index (χ3v) is 4.79. The standard InChI is InChI=1S/C20H18ClN3O3/c1-13(15-7-8-17-18(9-15)27-12-26-17)23-16-10-22-24(20(25)19(16)21)11-14-5-3-2-4-6-14/h2-10,13,23H,11-12H2,1H3/t13-/m1/s1. The molecule has 2 heterocycles. The van der Waals surface area contributed by atoms with Gasteiger partial charge in [0.2, 0.25) is 6.79 Å². The lowest BCUT2D eigenvalue weighted by atomic mass is 10.1. The summed E-state index contributed by atoms with van der Waals surface area (Å²) in [7, 11) is 0. The normalized spacial score (nSPS) is 13.4. The number of fused-ring (bicyclic) bond motifs is 1. The SMILES string of the molecule is C[C@@H](Nc1cnn(Cc2ccccc2)c(=O)c1Cl)c1ccc2c(c1)OCO2. The lowest BCUT2D eigenvalue weighted by Gasteiger charge is -2.17. The Bertz CT molecular complexity index is 1020. The third kappa shape index (κ3) is 3.61. The number of hydrogen-bond acceptors (Lipinski definition) is 5. The summed E-state index contributed by atoms with van der Waals surface area (Å²) < 4.78 is 12.1. The molecule has 1 atom stereocenters. The van der Waals surface area contributed by atoms with Crippen LogP contribution in [0.15, 0.2) is 59.5 Å². The molecule has 0 amide bonds. The zero-order valence-electron chi connectivity index (χ0n) is 14.7. The minimum absolute atomic E-state index is 0.0943. The molecular formula is C20H18ClN3O3. The van der Waals surface area contributed by atoms with Crippen LogP contribution in [0.3, 0.4) is 0 Å². The van der Waals surface area contributed by atoms with E-state index in [9.17, 15) is 4.79 Å². The Hall–Kier alpha value is -2.99. The van der Waals surface area contributed by atoms with Gasteiger partial charge in [-0.2, -0.15) is 5.10 Å². The second-order valence-electron chi connectivity index (χ2n) is 6.30. The molecule has 0 unspecified atom stereocenters. The van der Waals surface area contributed by atoms with Crippen LogP contribution in [0.25, 0.3) is 0 Å². The number of anilines is 1. The zero-order chi connectivity index (χ0) is 18.8. The van der Waals surface area contributed by atoms with Gasteiger partial charge >= 0.3 is 0 Å². The zero-order valence-corrected chi connectivity index (χ0v) is 15.4.